The van der Waals surface area contributed by atoms with Crippen molar-refractivity contribution in [3.63, 3.8) is 0 Å². The monoisotopic (exact) mass is 391 g/mol. The number of hydrogen-bond donors (Lipinski definition) is 1. The summed E-state index contributed by atoms with van der Waals surface area (Å²) < 4.78 is 30.7. The summed E-state index contributed by atoms with van der Waals surface area (Å²) in [6.07, 6.45) is 1.08. The summed E-state index contributed by atoms with van der Waals surface area (Å²) in [5.74, 6) is 0.166. The van der Waals surface area contributed by atoms with Gasteiger partial charge in [0.1, 0.15) is 5.75 Å². The van der Waals surface area contributed by atoms with Gasteiger partial charge < -0.3 is 15.0 Å². The fourth-order valence-electron chi connectivity index (χ4n) is 2.52. The van der Waals surface area contributed by atoms with E-state index in [0.717, 1.165) is 16.2 Å². The van der Waals surface area contributed by atoms with E-state index >= 15 is 0 Å². The number of nitrogens with one attached hydrogen (secondary N) is 1. The summed E-state index contributed by atoms with van der Waals surface area (Å²) in [5, 5.41) is 2.73. The van der Waals surface area contributed by atoms with E-state index < -0.39 is 15.9 Å². The molecule has 0 saturated heterocycles. The van der Waals surface area contributed by atoms with E-state index in [0.29, 0.717) is 17.0 Å². The van der Waals surface area contributed by atoms with Crippen LogP contribution in [0.3, 0.4) is 0 Å². The largest absolute Gasteiger partial charge is 0.496 e. The summed E-state index contributed by atoms with van der Waals surface area (Å²) in [6.45, 7) is -0.234. The van der Waals surface area contributed by atoms with Gasteiger partial charge in [0, 0.05) is 37.6 Å². The van der Waals surface area contributed by atoms with E-state index in [1.54, 1.807) is 36.4 Å². The molecular formula is C19H25N3O4S. The minimum Gasteiger partial charge on any atom is -0.496 e. The molecular weight excluding hydrogens is 366 g/mol. The maximum Gasteiger partial charge on any atom is 0.239 e. The van der Waals surface area contributed by atoms with Crippen LogP contribution in [-0.4, -0.2) is 52.6 Å². The second kappa shape index (κ2) is 8.88. The van der Waals surface area contributed by atoms with E-state index in [9.17, 15) is 13.2 Å². The molecule has 0 radical (unpaired) electrons. The number of carbonyl (C=O) groups is 1. The Bertz CT molecular complexity index is 880. The molecule has 0 fully saturated rings. The number of ether oxygens (including phenoxy) is 1. The molecule has 27 heavy (non-hydrogen) atoms. The lowest BCUT2D eigenvalue weighted by molar-refractivity contribution is -0.116. The van der Waals surface area contributed by atoms with Crippen molar-refractivity contribution < 1.29 is 17.9 Å². The average molecular weight is 391 g/mol. The Balaban J connectivity index is 2.10. The maximum absolute atomic E-state index is 12.4. The van der Waals surface area contributed by atoms with Crippen LogP contribution in [0, 0.1) is 0 Å². The van der Waals surface area contributed by atoms with Gasteiger partial charge in [0.25, 0.3) is 0 Å². The first-order valence-electron chi connectivity index (χ1n) is 8.35. The van der Waals surface area contributed by atoms with Gasteiger partial charge in [-0.3, -0.25) is 4.79 Å². The Labute approximate surface area is 160 Å². The third kappa shape index (κ3) is 5.97. The van der Waals surface area contributed by atoms with Crippen molar-refractivity contribution in [2.75, 3.05) is 44.2 Å². The SMILES string of the molecule is COc1ccccc1CN(CC(=O)Nc1ccc(N(C)C)cc1)S(C)(=O)=O. The fraction of sp³-hybridized carbons (Fsp3) is 0.316. The molecule has 0 heterocycles. The Hall–Kier alpha value is -2.58. The molecule has 0 aromatic heterocycles. The molecule has 2 aromatic rings. The van der Waals surface area contributed by atoms with Crippen molar-refractivity contribution in [1.82, 2.24) is 4.31 Å². The molecule has 0 aliphatic heterocycles. The highest BCUT2D eigenvalue weighted by molar-refractivity contribution is 7.88. The lowest BCUT2D eigenvalue weighted by atomic mass is 10.2. The zero-order chi connectivity index (χ0) is 20.0. The molecule has 8 heteroatoms. The van der Waals surface area contributed by atoms with Crippen LogP contribution in [0.25, 0.3) is 0 Å². The third-order valence-corrected chi connectivity index (χ3v) is 5.19. The van der Waals surface area contributed by atoms with E-state index in [-0.39, 0.29) is 13.1 Å². The van der Waals surface area contributed by atoms with Crippen molar-refractivity contribution >= 4 is 27.3 Å². The minimum atomic E-state index is -3.58. The molecule has 7 nitrogen and oxygen atoms in total. The first-order chi connectivity index (χ1) is 12.7. The number of rotatable bonds is 8. The molecule has 146 valence electrons. The zero-order valence-corrected chi connectivity index (χ0v) is 16.8. The molecule has 0 aliphatic carbocycles. The topological polar surface area (TPSA) is 79.0 Å². The van der Waals surface area contributed by atoms with E-state index in [4.69, 9.17) is 4.74 Å². The number of carbonyl (C=O) groups excluding carboxylic acids is 1. The molecule has 0 saturated carbocycles. The standard InChI is InChI=1S/C19H25N3O4S/c1-21(2)17-11-9-16(10-12-17)20-19(23)14-22(27(4,24)25)13-15-7-5-6-8-18(15)26-3/h5-12H,13-14H2,1-4H3,(H,20,23). The lowest BCUT2D eigenvalue weighted by Crippen LogP contribution is -2.37. The van der Waals surface area contributed by atoms with Crippen LogP contribution >= 0.6 is 0 Å². The number of amides is 1. The number of anilines is 2. The predicted molar refractivity (Wildman–Crippen MR) is 108 cm³/mol. The summed E-state index contributed by atoms with van der Waals surface area (Å²) in [7, 11) is 1.79. The second-order valence-electron chi connectivity index (χ2n) is 6.33. The van der Waals surface area contributed by atoms with Gasteiger partial charge in [-0.1, -0.05) is 18.2 Å². The number of benzene rings is 2. The van der Waals surface area contributed by atoms with Crippen LogP contribution in [0.5, 0.6) is 5.75 Å². The molecule has 0 aliphatic rings. The van der Waals surface area contributed by atoms with Gasteiger partial charge in [-0.15, -0.1) is 0 Å². The molecule has 0 atom stereocenters. The van der Waals surface area contributed by atoms with Gasteiger partial charge in [-0.05, 0) is 30.3 Å². The molecule has 1 amide bonds. The molecule has 2 aromatic carbocycles. The van der Waals surface area contributed by atoms with Crippen molar-refractivity contribution in [2.24, 2.45) is 0 Å². The highest BCUT2D eigenvalue weighted by atomic mass is 32.2. The summed E-state index contributed by atoms with van der Waals surface area (Å²) in [5.41, 5.74) is 2.30. The molecule has 0 bridgehead atoms. The smallest absolute Gasteiger partial charge is 0.239 e. The van der Waals surface area contributed by atoms with E-state index in [1.807, 2.05) is 31.1 Å². The predicted octanol–water partition coefficient (Wildman–Crippen LogP) is 2.16. The third-order valence-electron chi connectivity index (χ3n) is 4.00. The molecule has 1 N–H and O–H groups in total. The fourth-order valence-corrected chi connectivity index (χ4v) is 3.24. The van der Waals surface area contributed by atoms with Crippen molar-refractivity contribution in [1.29, 1.82) is 0 Å². The summed E-state index contributed by atoms with van der Waals surface area (Å²) >= 11 is 0. The van der Waals surface area contributed by atoms with Gasteiger partial charge in [0.05, 0.1) is 19.9 Å². The van der Waals surface area contributed by atoms with Crippen LogP contribution < -0.4 is 15.0 Å². The summed E-state index contributed by atoms with van der Waals surface area (Å²) in [4.78, 5) is 14.3. The quantitative estimate of drug-likeness (QED) is 0.746. The number of methoxy groups -OCH3 is 1. The van der Waals surface area contributed by atoms with E-state index in [1.165, 1.54) is 7.11 Å². The van der Waals surface area contributed by atoms with Crippen molar-refractivity contribution in [3.05, 3.63) is 54.1 Å². The van der Waals surface area contributed by atoms with Gasteiger partial charge in [-0.2, -0.15) is 4.31 Å². The first-order valence-corrected chi connectivity index (χ1v) is 10.2. The minimum absolute atomic E-state index is 0.0514. The Kier molecular flexibility index (Phi) is 6.81. The van der Waals surface area contributed by atoms with Gasteiger partial charge in [-0.25, -0.2) is 8.42 Å². The molecule has 0 spiro atoms. The Morgan fingerprint density at radius 2 is 1.70 bits per heavy atom. The Morgan fingerprint density at radius 1 is 1.07 bits per heavy atom. The normalized spacial score (nSPS) is 11.3. The maximum atomic E-state index is 12.4. The summed E-state index contributed by atoms with van der Waals surface area (Å²) in [6, 6.07) is 14.4. The zero-order valence-electron chi connectivity index (χ0n) is 16.0. The molecule has 0 unspecified atom stereocenters. The van der Waals surface area contributed by atoms with Crippen molar-refractivity contribution in [3.8, 4) is 5.75 Å². The van der Waals surface area contributed by atoms with Gasteiger partial charge in [0.15, 0.2) is 0 Å². The van der Waals surface area contributed by atoms with Gasteiger partial charge in [0.2, 0.25) is 15.9 Å². The first kappa shape index (κ1) is 20.7. The average Bonchev–Trinajstić information content (AvgIpc) is 2.61. The van der Waals surface area contributed by atoms with Crippen LogP contribution in [-0.2, 0) is 21.4 Å². The highest BCUT2D eigenvalue weighted by Crippen LogP contribution is 2.21. The van der Waals surface area contributed by atoms with Crippen molar-refractivity contribution in [2.45, 2.75) is 6.54 Å². The van der Waals surface area contributed by atoms with E-state index in [2.05, 4.69) is 5.32 Å². The highest BCUT2D eigenvalue weighted by Gasteiger charge is 2.22. The molecule has 2 rings (SSSR count). The van der Waals surface area contributed by atoms with Crippen LogP contribution in [0.15, 0.2) is 48.5 Å². The van der Waals surface area contributed by atoms with Gasteiger partial charge >= 0.3 is 0 Å². The number of para-hydroxylation sites is 1. The number of nitrogens with zero attached hydrogens (tertiary/aromatic N) is 2. The Morgan fingerprint density at radius 3 is 2.26 bits per heavy atom. The second-order valence-corrected chi connectivity index (χ2v) is 8.31. The van der Waals surface area contributed by atoms with Crippen LogP contribution in [0.2, 0.25) is 0 Å². The lowest BCUT2D eigenvalue weighted by Gasteiger charge is -2.21. The number of sulfonamides is 1. The van der Waals surface area contributed by atoms with Crippen LogP contribution in [0.4, 0.5) is 11.4 Å². The number of hydrogen-bond acceptors (Lipinski definition) is 5. The van der Waals surface area contributed by atoms with Crippen LogP contribution in [0.1, 0.15) is 5.56 Å².